The molecule has 0 saturated carbocycles. The molecule has 0 aromatic carbocycles. The first-order chi connectivity index (χ1) is 11.6. The smallest absolute Gasteiger partial charge is 0.140 e. The predicted molar refractivity (Wildman–Crippen MR) is 94.1 cm³/mol. The molecule has 3 rings (SSSR count). The molecule has 0 aliphatic carbocycles. The van der Waals surface area contributed by atoms with Gasteiger partial charge in [0, 0.05) is 37.9 Å². The van der Waals surface area contributed by atoms with Gasteiger partial charge in [0.05, 0.1) is 11.9 Å². The summed E-state index contributed by atoms with van der Waals surface area (Å²) in [6, 6.07) is 8.33. The fraction of sp³-hybridized carbons (Fsp3) is 0.444. The fourth-order valence-electron chi connectivity index (χ4n) is 3.21. The Hall–Kier alpha value is -2.68. The first-order valence-corrected chi connectivity index (χ1v) is 8.23. The highest BCUT2D eigenvalue weighted by atomic mass is 15.2. The van der Waals surface area contributed by atoms with Crippen LogP contribution < -0.4 is 9.80 Å². The zero-order valence-corrected chi connectivity index (χ0v) is 14.4. The Bertz CT molecular complexity index is 721. The van der Waals surface area contributed by atoms with Crippen LogP contribution in [-0.2, 0) is 0 Å². The van der Waals surface area contributed by atoms with E-state index in [-0.39, 0.29) is 0 Å². The Morgan fingerprint density at radius 1 is 1.21 bits per heavy atom. The summed E-state index contributed by atoms with van der Waals surface area (Å²) in [6.45, 7) is 5.91. The van der Waals surface area contributed by atoms with Crippen molar-refractivity contribution in [3.8, 4) is 6.07 Å². The van der Waals surface area contributed by atoms with Gasteiger partial charge in [0.1, 0.15) is 23.4 Å². The summed E-state index contributed by atoms with van der Waals surface area (Å²) in [4.78, 5) is 17.7. The second-order valence-electron chi connectivity index (χ2n) is 6.26. The van der Waals surface area contributed by atoms with Crippen LogP contribution in [0.5, 0.6) is 0 Å². The third-order valence-electron chi connectivity index (χ3n) is 4.56. The van der Waals surface area contributed by atoms with Gasteiger partial charge in [-0.25, -0.2) is 15.0 Å². The van der Waals surface area contributed by atoms with Crippen LogP contribution in [-0.4, -0.2) is 41.1 Å². The van der Waals surface area contributed by atoms with Gasteiger partial charge in [0.25, 0.3) is 0 Å². The van der Waals surface area contributed by atoms with Gasteiger partial charge in [-0.1, -0.05) is 0 Å². The molecule has 1 aliphatic heterocycles. The molecule has 3 heterocycles. The Kier molecular flexibility index (Phi) is 4.61. The van der Waals surface area contributed by atoms with Crippen LogP contribution in [0, 0.1) is 25.2 Å². The molecular formula is C18H22N6. The second-order valence-corrected chi connectivity index (χ2v) is 6.26. The lowest BCUT2D eigenvalue weighted by Gasteiger charge is -2.38. The second kappa shape index (κ2) is 6.83. The molecule has 2 aromatic heterocycles. The number of piperidine rings is 1. The Morgan fingerprint density at radius 2 is 1.96 bits per heavy atom. The van der Waals surface area contributed by atoms with E-state index in [2.05, 4.69) is 43.9 Å². The number of nitriles is 1. The molecule has 0 spiro atoms. The molecule has 1 fully saturated rings. The van der Waals surface area contributed by atoms with Crippen LogP contribution in [0.1, 0.15) is 30.1 Å². The topological polar surface area (TPSA) is 68.9 Å². The summed E-state index contributed by atoms with van der Waals surface area (Å²) in [6.07, 6.45) is 3.92. The van der Waals surface area contributed by atoms with Gasteiger partial charge < -0.3 is 9.80 Å². The van der Waals surface area contributed by atoms with Crippen molar-refractivity contribution in [3.05, 3.63) is 41.6 Å². The van der Waals surface area contributed by atoms with Crippen molar-refractivity contribution in [1.82, 2.24) is 15.0 Å². The Labute approximate surface area is 142 Å². The standard InChI is InChI=1S/C18H22N6/c1-13-10-18(22-14(2)21-13)24-8-6-16(7-9-24)23(3)17-5-4-15(11-19)20-12-17/h4-5,10,12,16H,6-9H2,1-3H3. The largest absolute Gasteiger partial charge is 0.370 e. The van der Waals surface area contributed by atoms with Crippen LogP contribution in [0.2, 0.25) is 0 Å². The molecule has 6 heteroatoms. The van der Waals surface area contributed by atoms with E-state index >= 15 is 0 Å². The van der Waals surface area contributed by atoms with Crippen LogP contribution in [0.25, 0.3) is 0 Å². The van der Waals surface area contributed by atoms with Crippen LogP contribution >= 0.6 is 0 Å². The molecule has 0 radical (unpaired) electrons. The van der Waals surface area contributed by atoms with E-state index in [9.17, 15) is 0 Å². The molecule has 0 amide bonds. The van der Waals surface area contributed by atoms with Crippen molar-refractivity contribution in [2.24, 2.45) is 0 Å². The lowest BCUT2D eigenvalue weighted by atomic mass is 10.0. The van der Waals surface area contributed by atoms with E-state index in [0.717, 1.165) is 49.0 Å². The summed E-state index contributed by atoms with van der Waals surface area (Å²) in [5.41, 5.74) is 2.53. The predicted octanol–water partition coefficient (Wildman–Crippen LogP) is 2.47. The normalized spacial score (nSPS) is 15.2. The number of hydrogen-bond acceptors (Lipinski definition) is 6. The molecule has 1 saturated heterocycles. The Balaban J connectivity index is 1.64. The minimum absolute atomic E-state index is 0.455. The van der Waals surface area contributed by atoms with Crippen molar-refractivity contribution in [3.63, 3.8) is 0 Å². The van der Waals surface area contributed by atoms with Crippen LogP contribution in [0.3, 0.4) is 0 Å². The minimum Gasteiger partial charge on any atom is -0.370 e. The maximum atomic E-state index is 8.85. The number of pyridine rings is 1. The highest BCUT2D eigenvalue weighted by Crippen LogP contribution is 2.24. The monoisotopic (exact) mass is 322 g/mol. The van der Waals surface area contributed by atoms with Gasteiger partial charge in [-0.2, -0.15) is 5.26 Å². The average Bonchev–Trinajstić information content (AvgIpc) is 2.60. The van der Waals surface area contributed by atoms with E-state index in [1.807, 2.05) is 19.9 Å². The fourth-order valence-corrected chi connectivity index (χ4v) is 3.21. The van der Waals surface area contributed by atoms with E-state index in [1.54, 1.807) is 12.3 Å². The molecule has 0 bridgehead atoms. The van der Waals surface area contributed by atoms with Crippen LogP contribution in [0.15, 0.2) is 24.4 Å². The summed E-state index contributed by atoms with van der Waals surface area (Å²) in [5.74, 6) is 1.86. The van der Waals surface area contributed by atoms with Crippen molar-refractivity contribution in [1.29, 1.82) is 5.26 Å². The molecular weight excluding hydrogens is 300 g/mol. The number of anilines is 2. The number of nitrogens with zero attached hydrogens (tertiary/aromatic N) is 6. The molecule has 1 aliphatic rings. The van der Waals surface area contributed by atoms with Gasteiger partial charge in [0.2, 0.25) is 0 Å². The lowest BCUT2D eigenvalue weighted by molar-refractivity contribution is 0.479. The van der Waals surface area contributed by atoms with E-state index in [1.165, 1.54) is 0 Å². The third-order valence-corrected chi connectivity index (χ3v) is 4.56. The van der Waals surface area contributed by atoms with Gasteiger partial charge in [-0.05, 0) is 38.8 Å². The van der Waals surface area contributed by atoms with E-state index in [0.29, 0.717) is 11.7 Å². The summed E-state index contributed by atoms with van der Waals surface area (Å²) < 4.78 is 0. The molecule has 0 unspecified atom stereocenters. The first kappa shape index (κ1) is 16.2. The Morgan fingerprint density at radius 3 is 2.54 bits per heavy atom. The van der Waals surface area contributed by atoms with Crippen molar-refractivity contribution >= 4 is 11.5 Å². The number of aryl methyl sites for hydroxylation is 2. The minimum atomic E-state index is 0.455. The van der Waals surface area contributed by atoms with Crippen molar-refractivity contribution < 1.29 is 0 Å². The SMILES string of the molecule is Cc1cc(N2CCC(N(C)c3ccc(C#N)nc3)CC2)nc(C)n1. The zero-order chi connectivity index (χ0) is 17.1. The average molecular weight is 322 g/mol. The van der Waals surface area contributed by atoms with E-state index in [4.69, 9.17) is 5.26 Å². The van der Waals surface area contributed by atoms with Crippen molar-refractivity contribution in [2.45, 2.75) is 32.7 Å². The molecule has 24 heavy (non-hydrogen) atoms. The van der Waals surface area contributed by atoms with Gasteiger partial charge >= 0.3 is 0 Å². The molecule has 2 aromatic rings. The number of hydrogen-bond donors (Lipinski definition) is 0. The number of aromatic nitrogens is 3. The first-order valence-electron chi connectivity index (χ1n) is 8.23. The van der Waals surface area contributed by atoms with Crippen molar-refractivity contribution in [2.75, 3.05) is 29.9 Å². The zero-order valence-electron chi connectivity index (χ0n) is 14.4. The number of rotatable bonds is 3. The highest BCUT2D eigenvalue weighted by molar-refractivity contribution is 5.47. The van der Waals surface area contributed by atoms with Gasteiger partial charge in [-0.3, -0.25) is 0 Å². The summed E-state index contributed by atoms with van der Waals surface area (Å²) >= 11 is 0. The molecule has 0 atom stereocenters. The maximum Gasteiger partial charge on any atom is 0.140 e. The quantitative estimate of drug-likeness (QED) is 0.864. The molecule has 124 valence electrons. The molecule has 0 N–H and O–H groups in total. The van der Waals surface area contributed by atoms with Gasteiger partial charge in [-0.15, -0.1) is 0 Å². The highest BCUT2D eigenvalue weighted by Gasteiger charge is 2.24. The summed E-state index contributed by atoms with van der Waals surface area (Å²) in [7, 11) is 2.10. The van der Waals surface area contributed by atoms with E-state index < -0.39 is 0 Å². The molecule has 6 nitrogen and oxygen atoms in total. The third kappa shape index (κ3) is 3.46. The van der Waals surface area contributed by atoms with Gasteiger partial charge in [0.15, 0.2) is 0 Å². The summed E-state index contributed by atoms with van der Waals surface area (Å²) in [5, 5.41) is 8.85. The van der Waals surface area contributed by atoms with Crippen LogP contribution in [0.4, 0.5) is 11.5 Å². The maximum absolute atomic E-state index is 8.85. The lowest BCUT2D eigenvalue weighted by Crippen LogP contribution is -2.44.